The van der Waals surface area contributed by atoms with Crippen LogP contribution in [0.2, 0.25) is 0 Å². The molecule has 4 aromatic carbocycles. The van der Waals surface area contributed by atoms with Gasteiger partial charge in [0.1, 0.15) is 22.6 Å². The number of benzene rings is 4. The van der Waals surface area contributed by atoms with E-state index in [2.05, 4.69) is 9.97 Å². The molecule has 16 heteroatoms. The van der Waals surface area contributed by atoms with E-state index in [9.17, 15) is 25.9 Å². The second kappa shape index (κ2) is 10.3. The predicted molar refractivity (Wildman–Crippen MR) is 185 cm³/mol. The van der Waals surface area contributed by atoms with Gasteiger partial charge in [0.05, 0.1) is 9.79 Å². The van der Waals surface area contributed by atoms with Crippen molar-refractivity contribution in [2.24, 2.45) is 0 Å². The molecule has 2 aliphatic heterocycles. The molecule has 0 atom stereocenters. The molecule has 9 rings (SSSR count). The average molecular weight is 703 g/mol. The maximum atomic E-state index is 12.2. The number of nitrogens with one attached hydrogen (secondary N) is 2. The highest BCUT2D eigenvalue weighted by Gasteiger charge is 2.25. The normalized spacial score (nSPS) is 12.7. The number of nitrogens with zero attached hydrogens (tertiary/aromatic N) is 6. The van der Waals surface area contributed by atoms with Gasteiger partial charge in [-0.25, -0.2) is 29.9 Å². The van der Waals surface area contributed by atoms with E-state index in [1.54, 1.807) is 0 Å². The van der Waals surface area contributed by atoms with Gasteiger partial charge >= 0.3 is 0 Å². The van der Waals surface area contributed by atoms with E-state index in [1.165, 1.54) is 36.4 Å². The summed E-state index contributed by atoms with van der Waals surface area (Å²) >= 11 is 0. The lowest BCUT2D eigenvalue weighted by atomic mass is 10.1. The first-order chi connectivity index (χ1) is 23.8. The van der Waals surface area contributed by atoms with Crippen molar-refractivity contribution >= 4 is 64.4 Å². The van der Waals surface area contributed by atoms with Crippen molar-refractivity contribution in [1.29, 1.82) is 0 Å². The highest BCUT2D eigenvalue weighted by Crippen LogP contribution is 2.38. The molecule has 0 saturated heterocycles. The van der Waals surface area contributed by atoms with Crippen molar-refractivity contribution in [1.82, 2.24) is 39.9 Å². The second-order valence-electron chi connectivity index (χ2n) is 12.1. The van der Waals surface area contributed by atoms with Crippen LogP contribution < -0.4 is 0 Å². The number of aromatic amines is 2. The van der Waals surface area contributed by atoms with Crippen molar-refractivity contribution < 1.29 is 25.9 Å². The molecule has 5 heterocycles. The van der Waals surface area contributed by atoms with Gasteiger partial charge in [0.15, 0.2) is 23.3 Å². The number of fused-ring (bicyclic) bond motifs is 20. The smallest absolute Gasteiger partial charge is 0.294 e. The van der Waals surface area contributed by atoms with Crippen LogP contribution in [0.5, 0.6) is 0 Å². The number of aromatic nitrogens is 8. The van der Waals surface area contributed by atoms with Gasteiger partial charge in [-0.05, 0) is 62.4 Å². The summed E-state index contributed by atoms with van der Waals surface area (Å²) in [5, 5.41) is 2.27. The highest BCUT2D eigenvalue weighted by molar-refractivity contribution is 7.86. The first kappa shape index (κ1) is 30.1. The number of aryl methyl sites for hydroxylation is 2. The molecule has 246 valence electrons. The topological polar surface area (TPSA) is 218 Å². The van der Waals surface area contributed by atoms with Crippen LogP contribution in [0.25, 0.3) is 89.7 Å². The molecule has 0 fully saturated rings. The Morgan fingerprint density at radius 3 is 1.42 bits per heavy atom. The Bertz CT molecular complexity index is 3080. The van der Waals surface area contributed by atoms with E-state index in [0.717, 1.165) is 27.5 Å². The Labute approximate surface area is 282 Å². The third-order valence-corrected chi connectivity index (χ3v) is 10.4. The summed E-state index contributed by atoms with van der Waals surface area (Å²) in [4.78, 5) is 34.7. The fourth-order valence-corrected chi connectivity index (χ4v) is 7.31. The van der Waals surface area contributed by atoms with Gasteiger partial charge in [-0.3, -0.25) is 9.11 Å². The Kier molecular flexibility index (Phi) is 6.20. The predicted octanol–water partition coefficient (Wildman–Crippen LogP) is 5.98. The molecule has 0 aliphatic carbocycles. The molecule has 50 heavy (non-hydrogen) atoms. The SMILES string of the molecule is Cc1ccc2c(c1)-c1nc-2nc2[nH]c(nc3nc(nc4[nH]c(n1)c1ccc(C)cc41)-c1ccc(S(=O)(=O)O)cc1-3)c1ccc(S(=O)(=O)O)cc21. The minimum Gasteiger partial charge on any atom is -0.324 e. The maximum Gasteiger partial charge on any atom is 0.294 e. The first-order valence-corrected chi connectivity index (χ1v) is 18.0. The van der Waals surface area contributed by atoms with Gasteiger partial charge in [-0.1, -0.05) is 35.4 Å². The number of rotatable bonds is 2. The van der Waals surface area contributed by atoms with E-state index >= 15 is 0 Å². The lowest BCUT2D eigenvalue weighted by Gasteiger charge is -2.01. The average Bonchev–Trinajstić information content (AvgIpc) is 3.78. The van der Waals surface area contributed by atoms with Crippen LogP contribution in [0.15, 0.2) is 82.6 Å². The molecule has 8 bridgehead atoms. The second-order valence-corrected chi connectivity index (χ2v) is 14.9. The standard InChI is InChI=1S/C34H22N8O6S2/c1-15-3-7-19-23(11-15)32-36-27(19)35-31-24-12-16(2)4-8-20(24)28(37-31)39-33-26-14-18(50(46,47)48)6-10-22(26)30(41-33)42-34-25-13-17(49(43,44)45)5-9-21(25)29(38-32)40-34/h3-14H,1-2H3,(H,43,44,45)(H,46,47,48)(H2,35,36,37,38,39,40,41,42). The molecule has 0 spiro atoms. The van der Waals surface area contributed by atoms with Crippen LogP contribution >= 0.6 is 0 Å². The molecule has 14 nitrogen and oxygen atoms in total. The van der Waals surface area contributed by atoms with E-state index in [4.69, 9.17) is 29.9 Å². The quantitative estimate of drug-likeness (QED) is 0.153. The summed E-state index contributed by atoms with van der Waals surface area (Å²) in [7, 11) is -9.17. The van der Waals surface area contributed by atoms with E-state index in [0.29, 0.717) is 44.8 Å². The fourth-order valence-electron chi connectivity index (χ4n) is 6.30. The largest absolute Gasteiger partial charge is 0.324 e. The van der Waals surface area contributed by atoms with Crippen LogP contribution in [0, 0.1) is 13.8 Å². The van der Waals surface area contributed by atoms with Crippen LogP contribution in [-0.4, -0.2) is 65.8 Å². The number of H-pyrrole nitrogens is 2. The Balaban J connectivity index is 1.49. The molecule has 7 aromatic rings. The number of hydrogen-bond acceptors (Lipinski definition) is 10. The summed E-state index contributed by atoms with van der Waals surface area (Å²) in [6, 6.07) is 19.6. The van der Waals surface area contributed by atoms with Gasteiger partial charge in [0.2, 0.25) is 0 Å². The molecule has 2 aliphatic rings. The molecular formula is C34H22N8O6S2. The zero-order chi connectivity index (χ0) is 34.7. The lowest BCUT2D eigenvalue weighted by molar-refractivity contribution is 0.481. The maximum absolute atomic E-state index is 12.2. The molecule has 0 unspecified atom stereocenters. The zero-order valence-corrected chi connectivity index (χ0v) is 27.6. The molecule has 4 N–H and O–H groups in total. The van der Waals surface area contributed by atoms with E-state index in [1.807, 2.05) is 50.2 Å². The lowest BCUT2D eigenvalue weighted by Crippen LogP contribution is -1.98. The van der Waals surface area contributed by atoms with Gasteiger partial charge in [0, 0.05) is 43.8 Å². The van der Waals surface area contributed by atoms with Crippen molar-refractivity contribution in [2.45, 2.75) is 23.6 Å². The minimum absolute atomic E-state index is 0.0662. The van der Waals surface area contributed by atoms with E-state index < -0.39 is 20.2 Å². The number of hydrogen-bond donors (Lipinski definition) is 4. The summed E-state index contributed by atoms with van der Waals surface area (Å²) in [5.74, 6) is 0.970. The van der Waals surface area contributed by atoms with Gasteiger partial charge in [0.25, 0.3) is 20.2 Å². The Morgan fingerprint density at radius 1 is 0.440 bits per heavy atom. The molecule has 0 amide bonds. The zero-order valence-electron chi connectivity index (χ0n) is 26.0. The Hall–Kier alpha value is -5.94. The highest BCUT2D eigenvalue weighted by atomic mass is 32.2. The molecule has 0 radical (unpaired) electrons. The van der Waals surface area contributed by atoms with Crippen molar-refractivity contribution in [3.63, 3.8) is 0 Å². The van der Waals surface area contributed by atoms with Crippen LogP contribution in [-0.2, 0) is 20.2 Å². The van der Waals surface area contributed by atoms with Gasteiger partial charge in [-0.15, -0.1) is 0 Å². The fraction of sp³-hybridized carbons (Fsp3) is 0.0588. The van der Waals surface area contributed by atoms with E-state index in [-0.39, 0.29) is 38.3 Å². The van der Waals surface area contributed by atoms with Crippen LogP contribution in [0.3, 0.4) is 0 Å². The van der Waals surface area contributed by atoms with Crippen molar-refractivity contribution in [3.8, 4) is 45.6 Å². The van der Waals surface area contributed by atoms with Crippen molar-refractivity contribution in [3.05, 3.63) is 83.9 Å². The molecular weight excluding hydrogens is 681 g/mol. The molecule has 3 aromatic heterocycles. The van der Waals surface area contributed by atoms with Crippen LogP contribution in [0.4, 0.5) is 0 Å². The summed E-state index contributed by atoms with van der Waals surface area (Å²) in [5.41, 5.74) is 5.44. The first-order valence-electron chi connectivity index (χ1n) is 15.1. The van der Waals surface area contributed by atoms with Gasteiger partial charge in [-0.2, -0.15) is 16.8 Å². The summed E-state index contributed by atoms with van der Waals surface area (Å²) < 4.78 is 68.4. The third kappa shape index (κ3) is 4.76. The summed E-state index contributed by atoms with van der Waals surface area (Å²) in [6.07, 6.45) is 0. The third-order valence-electron chi connectivity index (χ3n) is 8.68. The minimum atomic E-state index is -4.59. The molecule has 0 saturated carbocycles. The van der Waals surface area contributed by atoms with Gasteiger partial charge < -0.3 is 9.97 Å². The Morgan fingerprint density at radius 2 is 0.840 bits per heavy atom. The van der Waals surface area contributed by atoms with Crippen molar-refractivity contribution in [2.75, 3.05) is 0 Å². The van der Waals surface area contributed by atoms with Crippen LogP contribution in [0.1, 0.15) is 11.1 Å². The monoisotopic (exact) mass is 702 g/mol. The summed E-state index contributed by atoms with van der Waals surface area (Å²) in [6.45, 7) is 3.92.